The molecule has 2 aromatic rings. The summed E-state index contributed by atoms with van der Waals surface area (Å²) in [6.45, 7) is 0. The molecule has 2 rings (SSSR count). The van der Waals surface area contributed by atoms with Gasteiger partial charge in [0.1, 0.15) is 5.51 Å². The third-order valence-electron chi connectivity index (χ3n) is 2.01. The zero-order chi connectivity index (χ0) is 12.3. The first-order valence-corrected chi connectivity index (χ1v) is 7.05. The van der Waals surface area contributed by atoms with Gasteiger partial charge in [0.05, 0.1) is 4.90 Å². The average molecular weight is 270 g/mol. The van der Waals surface area contributed by atoms with Gasteiger partial charge in [-0.2, -0.15) is 0 Å². The second kappa shape index (κ2) is 4.68. The summed E-state index contributed by atoms with van der Waals surface area (Å²) in [5, 5.41) is 10.3. The lowest BCUT2D eigenvalue weighted by Gasteiger charge is -2.06. The quantitative estimate of drug-likeness (QED) is 0.877. The molecule has 0 spiro atoms. The predicted molar refractivity (Wildman–Crippen MR) is 66.7 cm³/mol. The number of rotatable bonds is 4. The van der Waals surface area contributed by atoms with Crippen molar-refractivity contribution in [2.45, 2.75) is 4.90 Å². The molecule has 0 aliphatic heterocycles. The summed E-state index contributed by atoms with van der Waals surface area (Å²) < 4.78 is 26.3. The lowest BCUT2D eigenvalue weighted by molar-refractivity contribution is 0.601. The maximum atomic E-state index is 12.0. The number of sulfonamides is 1. The molecule has 0 saturated heterocycles. The zero-order valence-corrected chi connectivity index (χ0v) is 10.5. The SMILES string of the molecule is CNc1cccc(S(=O)(=O)Nc2nncs2)c1. The van der Waals surface area contributed by atoms with Crippen LogP contribution in [-0.4, -0.2) is 25.7 Å². The fourth-order valence-electron chi connectivity index (χ4n) is 1.21. The first-order valence-electron chi connectivity index (χ1n) is 4.68. The van der Waals surface area contributed by atoms with E-state index in [-0.39, 0.29) is 10.0 Å². The van der Waals surface area contributed by atoms with E-state index in [1.54, 1.807) is 25.2 Å². The monoisotopic (exact) mass is 270 g/mol. The highest BCUT2D eigenvalue weighted by Crippen LogP contribution is 2.19. The van der Waals surface area contributed by atoms with Gasteiger partial charge in [0.15, 0.2) is 0 Å². The lowest BCUT2D eigenvalue weighted by atomic mass is 10.3. The number of nitrogens with one attached hydrogen (secondary N) is 2. The Morgan fingerprint density at radius 3 is 2.82 bits per heavy atom. The van der Waals surface area contributed by atoms with Crippen molar-refractivity contribution in [1.82, 2.24) is 10.2 Å². The summed E-state index contributed by atoms with van der Waals surface area (Å²) >= 11 is 1.13. The summed E-state index contributed by atoms with van der Waals surface area (Å²) in [7, 11) is -1.87. The number of nitrogens with zero attached hydrogens (tertiary/aromatic N) is 2. The van der Waals surface area contributed by atoms with Gasteiger partial charge in [0, 0.05) is 12.7 Å². The van der Waals surface area contributed by atoms with Crippen molar-refractivity contribution in [1.29, 1.82) is 0 Å². The van der Waals surface area contributed by atoms with Crippen molar-refractivity contribution in [3.8, 4) is 0 Å². The van der Waals surface area contributed by atoms with Gasteiger partial charge in [-0.15, -0.1) is 10.2 Å². The van der Waals surface area contributed by atoms with Crippen LogP contribution in [-0.2, 0) is 10.0 Å². The van der Waals surface area contributed by atoms with Crippen LogP contribution in [0.2, 0.25) is 0 Å². The van der Waals surface area contributed by atoms with Crippen LogP contribution < -0.4 is 10.0 Å². The second-order valence-corrected chi connectivity index (χ2v) is 5.64. The summed E-state index contributed by atoms with van der Waals surface area (Å²) in [5.74, 6) is 0. The van der Waals surface area contributed by atoms with Crippen molar-refractivity contribution in [2.24, 2.45) is 0 Å². The molecule has 0 aliphatic rings. The Morgan fingerprint density at radius 1 is 1.35 bits per heavy atom. The number of benzene rings is 1. The third-order valence-corrected chi connectivity index (χ3v) is 4.09. The molecule has 0 bridgehead atoms. The van der Waals surface area contributed by atoms with Crippen LogP contribution in [0.3, 0.4) is 0 Å². The molecule has 0 fully saturated rings. The highest BCUT2D eigenvalue weighted by molar-refractivity contribution is 7.93. The molecular formula is C9H10N4O2S2. The zero-order valence-electron chi connectivity index (χ0n) is 8.91. The molecule has 2 N–H and O–H groups in total. The van der Waals surface area contributed by atoms with Crippen LogP contribution in [0.1, 0.15) is 0 Å². The van der Waals surface area contributed by atoms with Crippen LogP contribution in [0.5, 0.6) is 0 Å². The van der Waals surface area contributed by atoms with Crippen molar-refractivity contribution in [3.05, 3.63) is 29.8 Å². The van der Waals surface area contributed by atoms with Gasteiger partial charge >= 0.3 is 0 Å². The largest absolute Gasteiger partial charge is 0.388 e. The van der Waals surface area contributed by atoms with E-state index in [1.807, 2.05) is 0 Å². The van der Waals surface area contributed by atoms with Crippen molar-refractivity contribution in [2.75, 3.05) is 17.1 Å². The van der Waals surface area contributed by atoms with Gasteiger partial charge in [0.2, 0.25) is 5.13 Å². The summed E-state index contributed by atoms with van der Waals surface area (Å²) in [4.78, 5) is 0.180. The van der Waals surface area contributed by atoms with Crippen LogP contribution >= 0.6 is 11.3 Å². The number of anilines is 2. The molecule has 1 aromatic heterocycles. The predicted octanol–water partition coefficient (Wildman–Crippen LogP) is 1.38. The Hall–Kier alpha value is -1.67. The summed E-state index contributed by atoms with van der Waals surface area (Å²) in [6.07, 6.45) is 0. The average Bonchev–Trinajstić information content (AvgIpc) is 2.81. The second-order valence-electron chi connectivity index (χ2n) is 3.13. The lowest BCUT2D eigenvalue weighted by Crippen LogP contribution is -2.13. The first-order chi connectivity index (χ1) is 8.12. The topological polar surface area (TPSA) is 84.0 Å². The fraction of sp³-hybridized carbons (Fsp3) is 0.111. The number of hydrogen-bond donors (Lipinski definition) is 2. The number of aromatic nitrogens is 2. The molecule has 0 amide bonds. The molecule has 0 radical (unpaired) electrons. The Labute approximate surface area is 103 Å². The molecule has 17 heavy (non-hydrogen) atoms. The molecule has 0 aliphatic carbocycles. The molecule has 1 heterocycles. The Bertz CT molecular complexity index is 595. The molecule has 0 saturated carbocycles. The Morgan fingerprint density at radius 2 is 2.18 bits per heavy atom. The van der Waals surface area contributed by atoms with Gasteiger partial charge in [-0.1, -0.05) is 17.4 Å². The van der Waals surface area contributed by atoms with Gasteiger partial charge in [-0.25, -0.2) is 8.42 Å². The molecule has 1 aromatic carbocycles. The van der Waals surface area contributed by atoms with E-state index in [0.29, 0.717) is 0 Å². The van der Waals surface area contributed by atoms with Gasteiger partial charge in [-0.05, 0) is 18.2 Å². The van der Waals surface area contributed by atoms with E-state index < -0.39 is 10.0 Å². The first kappa shape index (κ1) is 11.8. The van der Waals surface area contributed by atoms with E-state index in [9.17, 15) is 8.42 Å². The Kier molecular flexibility index (Phi) is 3.25. The van der Waals surface area contributed by atoms with Crippen molar-refractivity contribution >= 4 is 32.2 Å². The minimum absolute atomic E-state index is 0.180. The van der Waals surface area contributed by atoms with Crippen LogP contribution in [0, 0.1) is 0 Å². The third kappa shape index (κ3) is 2.71. The number of hydrogen-bond acceptors (Lipinski definition) is 6. The maximum absolute atomic E-state index is 12.0. The van der Waals surface area contributed by atoms with Gasteiger partial charge < -0.3 is 5.32 Å². The minimum atomic E-state index is -3.60. The standard InChI is InChI=1S/C9H10N4O2S2/c1-10-7-3-2-4-8(5-7)17(14,15)13-9-12-11-6-16-9/h2-6,10H,1H3,(H,12,13). The molecule has 6 nitrogen and oxygen atoms in total. The van der Waals surface area contributed by atoms with Gasteiger partial charge in [0.25, 0.3) is 10.0 Å². The molecule has 8 heteroatoms. The van der Waals surface area contributed by atoms with Gasteiger partial charge in [-0.3, -0.25) is 4.72 Å². The van der Waals surface area contributed by atoms with E-state index in [1.165, 1.54) is 11.6 Å². The molecular weight excluding hydrogens is 260 g/mol. The minimum Gasteiger partial charge on any atom is -0.388 e. The van der Waals surface area contributed by atoms with E-state index in [2.05, 4.69) is 20.2 Å². The van der Waals surface area contributed by atoms with E-state index in [4.69, 9.17) is 0 Å². The van der Waals surface area contributed by atoms with Crippen molar-refractivity contribution < 1.29 is 8.42 Å². The highest BCUT2D eigenvalue weighted by atomic mass is 32.2. The molecule has 0 unspecified atom stereocenters. The highest BCUT2D eigenvalue weighted by Gasteiger charge is 2.15. The van der Waals surface area contributed by atoms with Crippen LogP contribution in [0.4, 0.5) is 10.8 Å². The molecule has 90 valence electrons. The summed E-state index contributed by atoms with van der Waals surface area (Å²) in [6, 6.07) is 6.51. The smallest absolute Gasteiger partial charge is 0.263 e. The van der Waals surface area contributed by atoms with E-state index >= 15 is 0 Å². The van der Waals surface area contributed by atoms with Crippen LogP contribution in [0.25, 0.3) is 0 Å². The van der Waals surface area contributed by atoms with Crippen LogP contribution in [0.15, 0.2) is 34.7 Å². The Balaban J connectivity index is 2.31. The van der Waals surface area contributed by atoms with Crippen molar-refractivity contribution in [3.63, 3.8) is 0 Å². The summed E-state index contributed by atoms with van der Waals surface area (Å²) in [5.41, 5.74) is 2.19. The van der Waals surface area contributed by atoms with E-state index in [0.717, 1.165) is 17.0 Å². The maximum Gasteiger partial charge on any atom is 0.263 e. The normalized spacial score (nSPS) is 11.1. The molecule has 0 atom stereocenters. The fourth-order valence-corrected chi connectivity index (χ4v) is 2.95.